The van der Waals surface area contributed by atoms with Crippen LogP contribution in [0.3, 0.4) is 0 Å². The van der Waals surface area contributed by atoms with Crippen molar-refractivity contribution < 1.29 is 8.78 Å². The van der Waals surface area contributed by atoms with Crippen molar-refractivity contribution in [2.24, 2.45) is 0 Å². The van der Waals surface area contributed by atoms with Crippen LogP contribution in [0.1, 0.15) is 5.56 Å². The summed E-state index contributed by atoms with van der Waals surface area (Å²) < 4.78 is 27.0. The first-order chi connectivity index (χ1) is 11.5. The molecule has 0 aliphatic carbocycles. The highest BCUT2D eigenvalue weighted by atomic mass is 35.5. The van der Waals surface area contributed by atoms with Gasteiger partial charge in [-0.1, -0.05) is 35.3 Å². The summed E-state index contributed by atoms with van der Waals surface area (Å²) in [5, 5.41) is 6.68. The molecule has 128 valence electrons. The lowest BCUT2D eigenvalue weighted by Gasteiger charge is -2.11. The topological polar surface area (TPSA) is 24.1 Å². The SMILES string of the molecule is Fc1cccc(F)c1NC(=S)NCCSCc1ccc(Cl)c(Cl)c1. The van der Waals surface area contributed by atoms with Gasteiger partial charge in [0.15, 0.2) is 5.11 Å². The van der Waals surface area contributed by atoms with E-state index in [1.807, 2.05) is 12.1 Å². The molecule has 2 rings (SSSR count). The van der Waals surface area contributed by atoms with Crippen LogP contribution in [0, 0.1) is 11.6 Å². The van der Waals surface area contributed by atoms with Crippen molar-refractivity contribution in [3.8, 4) is 0 Å². The lowest BCUT2D eigenvalue weighted by atomic mass is 10.2. The van der Waals surface area contributed by atoms with Crippen LogP contribution in [0.4, 0.5) is 14.5 Å². The number of para-hydroxylation sites is 1. The van der Waals surface area contributed by atoms with Crippen LogP contribution in [-0.4, -0.2) is 17.4 Å². The second-order valence-corrected chi connectivity index (χ2v) is 7.11. The quantitative estimate of drug-likeness (QED) is 0.489. The van der Waals surface area contributed by atoms with Crippen LogP contribution < -0.4 is 10.6 Å². The number of nitrogens with one attached hydrogen (secondary N) is 2. The molecule has 2 aromatic rings. The van der Waals surface area contributed by atoms with Gasteiger partial charge >= 0.3 is 0 Å². The Morgan fingerprint density at radius 2 is 1.79 bits per heavy atom. The number of thioether (sulfide) groups is 1. The third kappa shape index (κ3) is 5.77. The van der Waals surface area contributed by atoms with E-state index in [-0.39, 0.29) is 10.8 Å². The molecule has 0 aromatic heterocycles. The second-order valence-electron chi connectivity index (χ2n) is 4.78. The summed E-state index contributed by atoms with van der Waals surface area (Å²) in [6.45, 7) is 0.563. The van der Waals surface area contributed by atoms with E-state index in [1.165, 1.54) is 18.2 Å². The average Bonchev–Trinajstić information content (AvgIpc) is 2.54. The molecule has 0 heterocycles. The predicted molar refractivity (Wildman–Crippen MR) is 103 cm³/mol. The van der Waals surface area contributed by atoms with Gasteiger partial charge in [-0.3, -0.25) is 0 Å². The van der Waals surface area contributed by atoms with Gasteiger partial charge in [-0.05, 0) is 42.0 Å². The molecule has 2 aromatic carbocycles. The normalized spacial score (nSPS) is 10.5. The average molecular weight is 407 g/mol. The first-order valence-corrected chi connectivity index (χ1v) is 9.30. The van der Waals surface area contributed by atoms with Crippen LogP contribution in [0.5, 0.6) is 0 Å². The van der Waals surface area contributed by atoms with Gasteiger partial charge in [0, 0.05) is 18.1 Å². The summed E-state index contributed by atoms with van der Waals surface area (Å²) in [4.78, 5) is 0. The maximum atomic E-state index is 13.5. The molecule has 0 saturated heterocycles. The van der Waals surface area contributed by atoms with E-state index < -0.39 is 11.6 Å². The molecular formula is C16H14Cl2F2N2S2. The van der Waals surface area contributed by atoms with Crippen LogP contribution in [0.2, 0.25) is 10.0 Å². The zero-order chi connectivity index (χ0) is 17.5. The van der Waals surface area contributed by atoms with E-state index in [0.29, 0.717) is 16.6 Å². The predicted octanol–water partition coefficient (Wildman–Crippen LogP) is 5.49. The summed E-state index contributed by atoms with van der Waals surface area (Å²) >= 11 is 18.5. The fourth-order valence-corrected chi connectivity index (χ4v) is 3.16. The van der Waals surface area contributed by atoms with Crippen LogP contribution in [-0.2, 0) is 5.75 Å². The van der Waals surface area contributed by atoms with Crippen molar-refractivity contribution in [1.29, 1.82) is 0 Å². The van der Waals surface area contributed by atoms with E-state index in [1.54, 1.807) is 17.8 Å². The zero-order valence-electron chi connectivity index (χ0n) is 12.4. The summed E-state index contributed by atoms with van der Waals surface area (Å²) in [5.74, 6) is 0.170. The minimum Gasteiger partial charge on any atom is -0.362 e. The minimum atomic E-state index is -0.687. The Hall–Kier alpha value is -1.08. The summed E-state index contributed by atoms with van der Waals surface area (Å²) in [6.07, 6.45) is 0. The summed E-state index contributed by atoms with van der Waals surface area (Å²) in [7, 11) is 0. The fourth-order valence-electron chi connectivity index (χ4n) is 1.83. The highest BCUT2D eigenvalue weighted by Gasteiger charge is 2.09. The molecular weight excluding hydrogens is 393 g/mol. The Bertz CT molecular complexity index is 709. The lowest BCUT2D eigenvalue weighted by Crippen LogP contribution is -2.31. The van der Waals surface area contributed by atoms with Crippen molar-refractivity contribution in [3.05, 3.63) is 63.6 Å². The molecule has 24 heavy (non-hydrogen) atoms. The highest BCUT2D eigenvalue weighted by molar-refractivity contribution is 7.98. The van der Waals surface area contributed by atoms with E-state index >= 15 is 0 Å². The summed E-state index contributed by atoms with van der Waals surface area (Å²) in [5.41, 5.74) is 0.821. The van der Waals surface area contributed by atoms with Crippen molar-refractivity contribution >= 4 is 58.0 Å². The molecule has 0 amide bonds. The van der Waals surface area contributed by atoms with Gasteiger partial charge in [0.1, 0.15) is 17.3 Å². The molecule has 0 aliphatic rings. The molecule has 0 spiro atoms. The Morgan fingerprint density at radius 3 is 2.46 bits per heavy atom. The number of benzene rings is 2. The van der Waals surface area contributed by atoms with Crippen molar-refractivity contribution in [3.63, 3.8) is 0 Å². The molecule has 8 heteroatoms. The monoisotopic (exact) mass is 406 g/mol. The largest absolute Gasteiger partial charge is 0.362 e. The molecule has 0 radical (unpaired) electrons. The standard InChI is InChI=1S/C16H14Cl2F2N2S2/c17-11-5-4-10(8-12(11)18)9-24-7-6-21-16(23)22-15-13(19)2-1-3-14(15)20/h1-5,8H,6-7,9H2,(H2,21,22,23). The number of rotatable bonds is 6. The number of halogens is 4. The second kappa shape index (κ2) is 9.42. The van der Waals surface area contributed by atoms with Gasteiger partial charge in [-0.2, -0.15) is 11.8 Å². The first kappa shape index (κ1) is 19.2. The van der Waals surface area contributed by atoms with Gasteiger partial charge in [0.2, 0.25) is 0 Å². The molecule has 2 nitrogen and oxygen atoms in total. The number of thiocarbonyl (C=S) groups is 1. The van der Waals surface area contributed by atoms with Crippen molar-refractivity contribution in [1.82, 2.24) is 5.32 Å². The van der Waals surface area contributed by atoms with Crippen LogP contribution in [0.15, 0.2) is 36.4 Å². The third-order valence-corrected chi connectivity index (χ3v) is 5.00. The van der Waals surface area contributed by atoms with Gasteiger partial charge in [-0.15, -0.1) is 0 Å². The molecule has 0 saturated carbocycles. The van der Waals surface area contributed by atoms with E-state index in [0.717, 1.165) is 17.1 Å². The fraction of sp³-hybridized carbons (Fsp3) is 0.188. The van der Waals surface area contributed by atoms with Gasteiger partial charge in [0.25, 0.3) is 0 Å². The van der Waals surface area contributed by atoms with Crippen molar-refractivity contribution in [2.45, 2.75) is 5.75 Å². The maximum Gasteiger partial charge on any atom is 0.170 e. The Labute approximate surface area is 158 Å². The lowest BCUT2D eigenvalue weighted by molar-refractivity contribution is 0.591. The zero-order valence-corrected chi connectivity index (χ0v) is 15.6. The molecule has 0 bridgehead atoms. The summed E-state index contributed by atoms with van der Waals surface area (Å²) in [6, 6.07) is 9.15. The molecule has 0 aliphatic heterocycles. The molecule has 2 N–H and O–H groups in total. The maximum absolute atomic E-state index is 13.5. The van der Waals surface area contributed by atoms with E-state index in [4.69, 9.17) is 35.4 Å². The van der Waals surface area contributed by atoms with E-state index in [9.17, 15) is 8.78 Å². The Kier molecular flexibility index (Phi) is 7.55. The Balaban J connectivity index is 1.70. The first-order valence-electron chi connectivity index (χ1n) is 6.98. The van der Waals surface area contributed by atoms with Crippen LogP contribution in [0.25, 0.3) is 0 Å². The Morgan fingerprint density at radius 1 is 1.08 bits per heavy atom. The van der Waals surface area contributed by atoms with Gasteiger partial charge in [-0.25, -0.2) is 8.78 Å². The number of hydrogen-bond donors (Lipinski definition) is 2. The molecule has 0 unspecified atom stereocenters. The van der Waals surface area contributed by atoms with Gasteiger partial charge < -0.3 is 10.6 Å². The van der Waals surface area contributed by atoms with Gasteiger partial charge in [0.05, 0.1) is 10.0 Å². The number of anilines is 1. The van der Waals surface area contributed by atoms with Crippen molar-refractivity contribution in [2.75, 3.05) is 17.6 Å². The third-order valence-electron chi connectivity index (χ3n) is 2.99. The minimum absolute atomic E-state index is 0.175. The number of hydrogen-bond acceptors (Lipinski definition) is 2. The smallest absolute Gasteiger partial charge is 0.170 e. The van der Waals surface area contributed by atoms with Crippen LogP contribution >= 0.6 is 47.2 Å². The highest BCUT2D eigenvalue weighted by Crippen LogP contribution is 2.24. The molecule has 0 fully saturated rings. The molecule has 0 atom stereocenters. The van der Waals surface area contributed by atoms with E-state index in [2.05, 4.69) is 10.6 Å².